The second-order valence-corrected chi connectivity index (χ2v) is 6.60. The van der Waals surface area contributed by atoms with Crippen molar-refractivity contribution in [1.82, 2.24) is 10.2 Å². The molecule has 1 atom stereocenters. The van der Waals surface area contributed by atoms with Crippen molar-refractivity contribution in [3.05, 3.63) is 12.7 Å². The van der Waals surface area contributed by atoms with Crippen molar-refractivity contribution in [2.75, 3.05) is 44.3 Å². The van der Waals surface area contributed by atoms with Crippen LogP contribution in [0.1, 0.15) is 6.42 Å². The molecule has 100 valence electrons. The third-order valence-electron chi connectivity index (χ3n) is 2.90. The van der Waals surface area contributed by atoms with E-state index < -0.39 is 9.84 Å². The number of rotatable bonds is 7. The van der Waals surface area contributed by atoms with Gasteiger partial charge in [-0.3, -0.25) is 4.90 Å². The van der Waals surface area contributed by atoms with Gasteiger partial charge in [-0.2, -0.15) is 0 Å². The maximum absolute atomic E-state index is 11.4. The zero-order valence-corrected chi connectivity index (χ0v) is 11.0. The van der Waals surface area contributed by atoms with Crippen molar-refractivity contribution in [3.8, 4) is 0 Å². The smallest absolute Gasteiger partial charge is 0.153 e. The molecule has 0 aromatic rings. The average molecular weight is 262 g/mol. The van der Waals surface area contributed by atoms with Crippen molar-refractivity contribution in [3.63, 3.8) is 0 Å². The molecule has 0 radical (unpaired) electrons. The topological polar surface area (TPSA) is 69.6 Å². The maximum Gasteiger partial charge on any atom is 0.153 e. The van der Waals surface area contributed by atoms with Crippen molar-refractivity contribution >= 4 is 9.84 Å². The minimum atomic E-state index is -2.85. The van der Waals surface area contributed by atoms with E-state index in [4.69, 9.17) is 5.11 Å². The molecule has 1 unspecified atom stereocenters. The number of nitrogens with zero attached hydrogens (tertiary/aromatic N) is 1. The minimum absolute atomic E-state index is 0.0414. The van der Waals surface area contributed by atoms with E-state index in [0.717, 1.165) is 19.5 Å². The summed E-state index contributed by atoms with van der Waals surface area (Å²) < 4.78 is 22.9. The lowest BCUT2D eigenvalue weighted by Gasteiger charge is -2.26. The van der Waals surface area contributed by atoms with Gasteiger partial charge >= 0.3 is 0 Å². The lowest BCUT2D eigenvalue weighted by atomic mass is 10.2. The number of hydrogen-bond acceptors (Lipinski definition) is 5. The van der Waals surface area contributed by atoms with E-state index in [0.29, 0.717) is 13.1 Å². The Balaban J connectivity index is 2.35. The van der Waals surface area contributed by atoms with Crippen LogP contribution in [0.2, 0.25) is 0 Å². The molecule has 2 N–H and O–H groups in total. The highest BCUT2D eigenvalue weighted by Gasteiger charge is 2.24. The molecule has 1 aliphatic rings. The number of sulfone groups is 1. The van der Waals surface area contributed by atoms with Crippen molar-refractivity contribution in [2.45, 2.75) is 12.5 Å². The Morgan fingerprint density at radius 2 is 2.24 bits per heavy atom. The summed E-state index contributed by atoms with van der Waals surface area (Å²) >= 11 is 0. The van der Waals surface area contributed by atoms with Gasteiger partial charge < -0.3 is 10.4 Å². The van der Waals surface area contributed by atoms with Crippen molar-refractivity contribution in [2.24, 2.45) is 0 Å². The molecule has 0 aliphatic carbocycles. The SMILES string of the molecule is C=CCN(CCO)CCC1CS(=O)(=O)CCN1. The van der Waals surface area contributed by atoms with Gasteiger partial charge in [-0.1, -0.05) is 6.08 Å². The highest BCUT2D eigenvalue weighted by Crippen LogP contribution is 2.06. The molecule has 6 heteroatoms. The summed E-state index contributed by atoms with van der Waals surface area (Å²) in [5.41, 5.74) is 0. The zero-order chi connectivity index (χ0) is 12.7. The summed E-state index contributed by atoms with van der Waals surface area (Å²) in [6.07, 6.45) is 2.58. The third kappa shape index (κ3) is 5.63. The molecule has 0 spiro atoms. The van der Waals surface area contributed by atoms with Crippen LogP contribution in [0.15, 0.2) is 12.7 Å². The van der Waals surface area contributed by atoms with Gasteiger partial charge in [0.15, 0.2) is 9.84 Å². The van der Waals surface area contributed by atoms with Crippen molar-refractivity contribution < 1.29 is 13.5 Å². The first kappa shape index (κ1) is 14.6. The number of aliphatic hydroxyl groups excluding tert-OH is 1. The largest absolute Gasteiger partial charge is 0.395 e. The molecule has 17 heavy (non-hydrogen) atoms. The summed E-state index contributed by atoms with van der Waals surface area (Å²) in [5, 5.41) is 12.1. The summed E-state index contributed by atoms with van der Waals surface area (Å²) in [5.74, 6) is 0.477. The molecule has 0 aromatic carbocycles. The Labute approximate surface area is 103 Å². The third-order valence-corrected chi connectivity index (χ3v) is 4.63. The molecule has 1 fully saturated rings. The van der Waals surface area contributed by atoms with Gasteiger partial charge in [0, 0.05) is 32.2 Å². The van der Waals surface area contributed by atoms with Gasteiger partial charge in [0.2, 0.25) is 0 Å². The second kappa shape index (κ2) is 7.10. The quantitative estimate of drug-likeness (QED) is 0.591. The highest BCUT2D eigenvalue weighted by molar-refractivity contribution is 7.91. The lowest BCUT2D eigenvalue weighted by Crippen LogP contribution is -2.46. The number of aliphatic hydroxyl groups is 1. The van der Waals surface area contributed by atoms with E-state index >= 15 is 0 Å². The van der Waals surface area contributed by atoms with Gasteiger partial charge in [-0.05, 0) is 6.42 Å². The van der Waals surface area contributed by atoms with E-state index in [1.807, 2.05) is 0 Å². The van der Waals surface area contributed by atoms with Crippen LogP contribution >= 0.6 is 0 Å². The summed E-state index contributed by atoms with van der Waals surface area (Å²) in [6.45, 7) is 6.43. The maximum atomic E-state index is 11.4. The van der Waals surface area contributed by atoms with Gasteiger partial charge in [0.1, 0.15) is 0 Å². The summed E-state index contributed by atoms with van der Waals surface area (Å²) in [6, 6.07) is 0.0414. The Bertz CT molecular complexity index is 330. The Hall–Kier alpha value is -0.430. The molecule has 5 nitrogen and oxygen atoms in total. The molecule has 1 aliphatic heterocycles. The molecular formula is C11H22N2O3S. The van der Waals surface area contributed by atoms with Crippen LogP contribution in [-0.2, 0) is 9.84 Å². The molecule has 1 rings (SSSR count). The zero-order valence-electron chi connectivity index (χ0n) is 10.1. The van der Waals surface area contributed by atoms with E-state index in [-0.39, 0.29) is 24.2 Å². The first-order valence-electron chi connectivity index (χ1n) is 5.95. The number of hydrogen-bond donors (Lipinski definition) is 2. The van der Waals surface area contributed by atoms with E-state index in [1.165, 1.54) is 0 Å². The van der Waals surface area contributed by atoms with Crippen LogP contribution in [0.3, 0.4) is 0 Å². The molecule has 1 saturated heterocycles. The van der Waals surface area contributed by atoms with Gasteiger partial charge in [-0.25, -0.2) is 8.42 Å². The van der Waals surface area contributed by atoms with Crippen LogP contribution < -0.4 is 5.32 Å². The molecule has 1 heterocycles. The summed E-state index contributed by atoms with van der Waals surface area (Å²) in [4.78, 5) is 2.07. The Morgan fingerprint density at radius 3 is 2.82 bits per heavy atom. The van der Waals surface area contributed by atoms with Gasteiger partial charge in [-0.15, -0.1) is 6.58 Å². The van der Waals surface area contributed by atoms with E-state index in [9.17, 15) is 8.42 Å². The average Bonchev–Trinajstić information content (AvgIpc) is 2.25. The van der Waals surface area contributed by atoms with Gasteiger partial charge in [0.25, 0.3) is 0 Å². The first-order valence-corrected chi connectivity index (χ1v) is 7.77. The van der Waals surface area contributed by atoms with E-state index in [2.05, 4.69) is 16.8 Å². The van der Waals surface area contributed by atoms with Crippen LogP contribution in [0.25, 0.3) is 0 Å². The Kier molecular flexibility index (Phi) is 6.11. The predicted molar refractivity (Wildman–Crippen MR) is 68.8 cm³/mol. The van der Waals surface area contributed by atoms with Crippen molar-refractivity contribution in [1.29, 1.82) is 0 Å². The van der Waals surface area contributed by atoms with E-state index in [1.54, 1.807) is 6.08 Å². The fourth-order valence-electron chi connectivity index (χ4n) is 2.01. The van der Waals surface area contributed by atoms with Gasteiger partial charge in [0.05, 0.1) is 18.1 Å². The highest BCUT2D eigenvalue weighted by atomic mass is 32.2. The fourth-order valence-corrected chi connectivity index (χ4v) is 3.50. The molecule has 0 saturated carbocycles. The molecule has 0 aromatic heterocycles. The van der Waals surface area contributed by atoms with Crippen LogP contribution in [0.4, 0.5) is 0 Å². The second-order valence-electron chi connectivity index (χ2n) is 4.37. The van der Waals surface area contributed by atoms with Crippen LogP contribution in [0, 0.1) is 0 Å². The predicted octanol–water partition coefficient (Wildman–Crippen LogP) is -0.757. The standard InChI is InChI=1S/C11H22N2O3S/c1-2-5-13(7-8-14)6-3-11-10-17(15,16)9-4-12-11/h2,11-12,14H,1,3-10H2. The fraction of sp³-hybridized carbons (Fsp3) is 0.818. The number of nitrogens with one attached hydrogen (secondary N) is 1. The molecule has 0 amide bonds. The van der Waals surface area contributed by atoms with Crippen LogP contribution in [-0.4, -0.2) is 68.8 Å². The summed E-state index contributed by atoms with van der Waals surface area (Å²) in [7, 11) is -2.85. The minimum Gasteiger partial charge on any atom is -0.395 e. The normalized spacial score (nSPS) is 23.8. The Morgan fingerprint density at radius 1 is 1.47 bits per heavy atom. The monoisotopic (exact) mass is 262 g/mol. The molecular weight excluding hydrogens is 240 g/mol. The lowest BCUT2D eigenvalue weighted by molar-refractivity contribution is 0.202. The first-order chi connectivity index (χ1) is 8.07. The van der Waals surface area contributed by atoms with Crippen LogP contribution in [0.5, 0.6) is 0 Å². The molecule has 0 bridgehead atoms.